The molecule has 2 rings (SSSR count). The summed E-state index contributed by atoms with van der Waals surface area (Å²) in [6.07, 6.45) is 6.21. The highest BCUT2D eigenvalue weighted by atomic mass is 16.5. The Morgan fingerprint density at radius 1 is 1.33 bits per heavy atom. The van der Waals surface area contributed by atoms with E-state index < -0.39 is 0 Å². The number of nitrogens with zero attached hydrogens (tertiary/aromatic N) is 3. The van der Waals surface area contributed by atoms with Crippen LogP contribution in [-0.2, 0) is 11.3 Å². The van der Waals surface area contributed by atoms with Crippen LogP contribution in [0, 0.1) is 0 Å². The van der Waals surface area contributed by atoms with Crippen LogP contribution in [0.15, 0.2) is 12.4 Å². The number of nitrogens with one attached hydrogen (secondary N) is 1. The molecule has 2 heterocycles. The van der Waals surface area contributed by atoms with Crippen LogP contribution in [0.4, 0.5) is 5.95 Å². The molecule has 0 bridgehead atoms. The average molecular weight is 252 g/mol. The number of anilines is 1. The highest BCUT2D eigenvalue weighted by Gasteiger charge is 2.09. The lowest BCUT2D eigenvalue weighted by molar-refractivity contribution is 0.0369. The topological polar surface area (TPSA) is 42.3 Å². The number of hydrogen-bond acceptors (Lipinski definition) is 4. The van der Waals surface area contributed by atoms with Gasteiger partial charge in [0.05, 0.1) is 13.2 Å². The van der Waals surface area contributed by atoms with Gasteiger partial charge in [-0.15, -0.1) is 0 Å². The van der Waals surface area contributed by atoms with E-state index in [0.717, 1.165) is 64.7 Å². The first-order chi connectivity index (χ1) is 8.90. The number of aryl methyl sites for hydroxylation is 1. The Kier molecular flexibility index (Phi) is 5.48. The van der Waals surface area contributed by atoms with Gasteiger partial charge in [-0.3, -0.25) is 4.90 Å². The Labute approximate surface area is 109 Å². The molecule has 1 fully saturated rings. The van der Waals surface area contributed by atoms with Crippen LogP contribution in [0.3, 0.4) is 0 Å². The first kappa shape index (κ1) is 13.4. The zero-order valence-corrected chi connectivity index (χ0v) is 11.3. The maximum atomic E-state index is 5.35. The summed E-state index contributed by atoms with van der Waals surface area (Å²) in [5.74, 6) is 0.999. The maximum Gasteiger partial charge on any atom is 0.202 e. The van der Waals surface area contributed by atoms with Crippen LogP contribution < -0.4 is 5.32 Å². The van der Waals surface area contributed by atoms with Gasteiger partial charge in [-0.1, -0.05) is 6.92 Å². The van der Waals surface area contributed by atoms with Gasteiger partial charge in [-0.25, -0.2) is 4.98 Å². The minimum atomic E-state index is 0.883. The number of hydrogen-bond donors (Lipinski definition) is 1. The van der Waals surface area contributed by atoms with Gasteiger partial charge in [0.2, 0.25) is 5.95 Å². The third-order valence-electron chi connectivity index (χ3n) is 3.23. The Morgan fingerprint density at radius 2 is 2.17 bits per heavy atom. The highest BCUT2D eigenvalue weighted by Crippen LogP contribution is 2.06. The Bertz CT molecular complexity index is 333. The summed E-state index contributed by atoms with van der Waals surface area (Å²) < 4.78 is 7.55. The van der Waals surface area contributed by atoms with E-state index in [1.54, 1.807) is 0 Å². The molecule has 0 spiro atoms. The third-order valence-corrected chi connectivity index (χ3v) is 3.23. The van der Waals surface area contributed by atoms with Crippen molar-refractivity contribution in [3.05, 3.63) is 12.4 Å². The molecule has 0 amide bonds. The molecule has 0 aliphatic carbocycles. The van der Waals surface area contributed by atoms with Crippen molar-refractivity contribution in [2.75, 3.05) is 44.7 Å². The summed E-state index contributed by atoms with van der Waals surface area (Å²) in [7, 11) is 0. The zero-order chi connectivity index (χ0) is 12.6. The van der Waals surface area contributed by atoms with E-state index in [1.165, 1.54) is 0 Å². The molecule has 102 valence electrons. The third kappa shape index (κ3) is 3.99. The van der Waals surface area contributed by atoms with Crippen LogP contribution in [0.5, 0.6) is 0 Å². The van der Waals surface area contributed by atoms with E-state index in [4.69, 9.17) is 4.74 Å². The first-order valence-electron chi connectivity index (χ1n) is 6.95. The molecule has 0 radical (unpaired) electrons. The fraction of sp³-hybridized carbons (Fsp3) is 0.769. The van der Waals surface area contributed by atoms with E-state index in [9.17, 15) is 0 Å². The van der Waals surface area contributed by atoms with Crippen LogP contribution in [0.25, 0.3) is 0 Å². The second-order valence-corrected chi connectivity index (χ2v) is 4.68. The Balaban J connectivity index is 1.70. The molecule has 1 N–H and O–H groups in total. The standard InChI is InChI=1S/C13H24N4O/c1-2-4-14-13-15-5-8-17(13)7-3-6-16-9-11-18-12-10-16/h5,8H,2-4,6-7,9-12H2,1H3,(H,14,15). The smallest absolute Gasteiger partial charge is 0.202 e. The fourth-order valence-electron chi connectivity index (χ4n) is 2.18. The van der Waals surface area contributed by atoms with Crippen molar-refractivity contribution in [2.45, 2.75) is 26.3 Å². The minimum Gasteiger partial charge on any atom is -0.379 e. The predicted molar refractivity (Wildman–Crippen MR) is 72.9 cm³/mol. The summed E-state index contributed by atoms with van der Waals surface area (Å²) in [6.45, 7) is 9.25. The average Bonchev–Trinajstić information content (AvgIpc) is 2.85. The number of rotatable bonds is 7. The van der Waals surface area contributed by atoms with Crippen molar-refractivity contribution in [3.63, 3.8) is 0 Å². The lowest BCUT2D eigenvalue weighted by atomic mass is 10.3. The number of aromatic nitrogens is 2. The molecule has 0 saturated carbocycles. The summed E-state index contributed by atoms with van der Waals surface area (Å²) in [5, 5.41) is 3.35. The molecule has 5 nitrogen and oxygen atoms in total. The van der Waals surface area contributed by atoms with E-state index in [1.807, 2.05) is 6.20 Å². The van der Waals surface area contributed by atoms with E-state index in [-0.39, 0.29) is 0 Å². The quantitative estimate of drug-likeness (QED) is 0.797. The van der Waals surface area contributed by atoms with Gasteiger partial charge in [0, 0.05) is 45.1 Å². The molecule has 0 atom stereocenters. The molecular weight excluding hydrogens is 228 g/mol. The maximum absolute atomic E-state index is 5.35. The fourth-order valence-corrected chi connectivity index (χ4v) is 2.18. The Morgan fingerprint density at radius 3 is 2.94 bits per heavy atom. The second-order valence-electron chi connectivity index (χ2n) is 4.68. The normalized spacial score (nSPS) is 16.9. The van der Waals surface area contributed by atoms with Crippen molar-refractivity contribution in [1.29, 1.82) is 0 Å². The largest absolute Gasteiger partial charge is 0.379 e. The number of imidazole rings is 1. The molecule has 1 aliphatic rings. The molecule has 18 heavy (non-hydrogen) atoms. The lowest BCUT2D eigenvalue weighted by Gasteiger charge is -2.26. The molecule has 0 aromatic carbocycles. The van der Waals surface area contributed by atoms with Crippen molar-refractivity contribution in [1.82, 2.24) is 14.5 Å². The SMILES string of the molecule is CCCNc1nccn1CCCN1CCOCC1. The van der Waals surface area contributed by atoms with E-state index >= 15 is 0 Å². The minimum absolute atomic E-state index is 0.883. The predicted octanol–water partition coefficient (Wildman–Crippen LogP) is 1.43. The van der Waals surface area contributed by atoms with Gasteiger partial charge in [0.1, 0.15) is 0 Å². The zero-order valence-electron chi connectivity index (χ0n) is 11.3. The molecular formula is C13H24N4O. The van der Waals surface area contributed by atoms with Crippen molar-refractivity contribution >= 4 is 5.95 Å². The number of ether oxygens (including phenoxy) is 1. The molecule has 1 aliphatic heterocycles. The summed E-state index contributed by atoms with van der Waals surface area (Å²) >= 11 is 0. The highest BCUT2D eigenvalue weighted by molar-refractivity contribution is 5.25. The molecule has 0 unspecified atom stereocenters. The van der Waals surface area contributed by atoms with Gasteiger partial charge >= 0.3 is 0 Å². The van der Waals surface area contributed by atoms with Crippen molar-refractivity contribution in [2.24, 2.45) is 0 Å². The Hall–Kier alpha value is -1.07. The van der Waals surface area contributed by atoms with Gasteiger partial charge in [-0.05, 0) is 12.8 Å². The van der Waals surface area contributed by atoms with Gasteiger partial charge in [0.25, 0.3) is 0 Å². The van der Waals surface area contributed by atoms with Gasteiger partial charge in [-0.2, -0.15) is 0 Å². The van der Waals surface area contributed by atoms with Crippen molar-refractivity contribution < 1.29 is 4.74 Å². The number of morpholine rings is 1. The van der Waals surface area contributed by atoms with Crippen LogP contribution in [-0.4, -0.2) is 53.8 Å². The van der Waals surface area contributed by atoms with E-state index in [0.29, 0.717) is 0 Å². The van der Waals surface area contributed by atoms with Crippen molar-refractivity contribution in [3.8, 4) is 0 Å². The lowest BCUT2D eigenvalue weighted by Crippen LogP contribution is -2.37. The van der Waals surface area contributed by atoms with Gasteiger partial charge in [0.15, 0.2) is 0 Å². The molecule has 5 heteroatoms. The van der Waals surface area contributed by atoms with Gasteiger partial charge < -0.3 is 14.6 Å². The summed E-state index contributed by atoms with van der Waals surface area (Å²) in [6, 6.07) is 0. The second kappa shape index (κ2) is 7.38. The monoisotopic (exact) mass is 252 g/mol. The van der Waals surface area contributed by atoms with Crippen LogP contribution in [0.1, 0.15) is 19.8 Å². The van der Waals surface area contributed by atoms with Crippen LogP contribution >= 0.6 is 0 Å². The molecule has 1 saturated heterocycles. The van der Waals surface area contributed by atoms with Crippen LogP contribution in [0.2, 0.25) is 0 Å². The molecule has 1 aromatic heterocycles. The van der Waals surface area contributed by atoms with E-state index in [2.05, 4.69) is 32.9 Å². The summed E-state index contributed by atoms with van der Waals surface area (Å²) in [4.78, 5) is 6.81. The molecule has 1 aromatic rings. The summed E-state index contributed by atoms with van der Waals surface area (Å²) in [5.41, 5.74) is 0. The first-order valence-corrected chi connectivity index (χ1v) is 6.95.